The van der Waals surface area contributed by atoms with E-state index < -0.39 is 10.1 Å². The molecule has 0 bridgehead atoms. The number of hydrogen-bond donors (Lipinski definition) is 0. The third-order valence-corrected chi connectivity index (χ3v) is 10.3. The number of nitrogens with zero attached hydrogens (tertiary/aromatic N) is 1. The number of ether oxygens (including phenoxy) is 1. The van der Waals surface area contributed by atoms with Crippen LogP contribution in [0.2, 0.25) is 5.02 Å². The summed E-state index contributed by atoms with van der Waals surface area (Å²) >= 11 is 5.46. The Balaban J connectivity index is 0.000000562. The molecule has 0 unspecified atom stereocenters. The van der Waals surface area contributed by atoms with Crippen LogP contribution >= 0.6 is 11.6 Å². The van der Waals surface area contributed by atoms with Crippen LogP contribution in [0.25, 0.3) is 0 Å². The molecule has 3 rings (SSSR count). The first kappa shape index (κ1) is 40.0. The van der Waals surface area contributed by atoms with Crippen LogP contribution in [0.1, 0.15) is 142 Å². The molecule has 0 atom stereocenters. The van der Waals surface area contributed by atoms with Crippen LogP contribution < -0.4 is 0 Å². The van der Waals surface area contributed by atoms with Crippen molar-refractivity contribution in [2.24, 2.45) is 0 Å². The van der Waals surface area contributed by atoms with E-state index in [0.717, 1.165) is 12.1 Å². The molecule has 0 fully saturated rings. The molecule has 0 saturated heterocycles. The summed E-state index contributed by atoms with van der Waals surface area (Å²) in [6.07, 6.45) is 22.8. The first-order chi connectivity index (χ1) is 21.9. The topological polar surface area (TPSA) is 86.5 Å². The summed E-state index contributed by atoms with van der Waals surface area (Å²) in [6.45, 7) is 10.3. The molecule has 0 aromatic heterocycles. The second-order valence-corrected chi connectivity index (χ2v) is 15.0. The summed E-state index contributed by atoms with van der Waals surface area (Å²) in [4.78, 5) is 11.4. The quantitative estimate of drug-likeness (QED) is 0.0603. The first-order valence-electron chi connectivity index (χ1n) is 17.4. The Bertz CT molecular complexity index is 1340. The summed E-state index contributed by atoms with van der Waals surface area (Å²) in [7, 11) is -2.87. The van der Waals surface area contributed by atoms with Crippen LogP contribution in [0.15, 0.2) is 47.4 Å². The van der Waals surface area contributed by atoms with E-state index in [9.17, 15) is 17.8 Å². The molecule has 2 aromatic carbocycles. The average Bonchev–Trinajstić information content (AvgIpc) is 3.20. The van der Waals surface area contributed by atoms with Gasteiger partial charge in [0.25, 0.3) is 0 Å². The lowest BCUT2D eigenvalue weighted by Crippen LogP contribution is -2.26. The second-order valence-electron chi connectivity index (χ2n) is 13.2. The Hall–Kier alpha value is -2.22. The fraction of sp³-hybridized carbons (Fsp3) is 0.632. The molecule has 46 heavy (non-hydrogen) atoms. The molecule has 2 aromatic rings. The molecule has 0 spiro atoms. The van der Waals surface area contributed by atoms with E-state index in [1.807, 2.05) is 0 Å². The Morgan fingerprint density at radius 2 is 1.28 bits per heavy atom. The van der Waals surface area contributed by atoms with E-state index in [1.165, 1.54) is 151 Å². The van der Waals surface area contributed by atoms with Crippen molar-refractivity contribution in [3.63, 3.8) is 0 Å². The molecule has 0 saturated carbocycles. The molecule has 1 aliphatic rings. The van der Waals surface area contributed by atoms with Gasteiger partial charge in [0.15, 0.2) is 5.71 Å². The van der Waals surface area contributed by atoms with Gasteiger partial charge in [0.05, 0.1) is 23.8 Å². The maximum absolute atomic E-state index is 11.7. The molecule has 6 nitrogen and oxygen atoms in total. The maximum Gasteiger partial charge on any atom is 0.309 e. The number of benzene rings is 2. The van der Waals surface area contributed by atoms with Gasteiger partial charge >= 0.3 is 5.97 Å². The van der Waals surface area contributed by atoms with Gasteiger partial charge in [-0.3, -0.25) is 4.79 Å². The van der Waals surface area contributed by atoms with Crippen molar-refractivity contribution in [1.29, 1.82) is 0 Å². The number of methoxy groups -OCH3 is 1. The highest BCUT2D eigenvalue weighted by atomic mass is 35.5. The zero-order valence-corrected chi connectivity index (χ0v) is 30.6. The minimum atomic E-state index is -4.33. The van der Waals surface area contributed by atoms with Gasteiger partial charge in [-0.2, -0.15) is 4.58 Å². The number of carbonyl (C=O) groups excluding carboxylic acids is 1. The van der Waals surface area contributed by atoms with Crippen LogP contribution in [0.3, 0.4) is 0 Å². The van der Waals surface area contributed by atoms with Gasteiger partial charge < -0.3 is 9.29 Å². The third-order valence-electron chi connectivity index (χ3n) is 9.25. The minimum absolute atomic E-state index is 0.0104. The highest BCUT2D eigenvalue weighted by Gasteiger charge is 2.42. The van der Waals surface area contributed by atoms with Gasteiger partial charge in [-0.15, -0.1) is 0 Å². The van der Waals surface area contributed by atoms with Crippen LogP contribution in [0.4, 0.5) is 5.69 Å². The molecule has 1 aliphatic heterocycles. The van der Waals surface area contributed by atoms with Crippen molar-refractivity contribution in [2.45, 2.75) is 147 Å². The summed E-state index contributed by atoms with van der Waals surface area (Å²) < 4.78 is 38.4. The number of halogens is 1. The van der Waals surface area contributed by atoms with E-state index in [2.05, 4.69) is 50.5 Å². The Morgan fingerprint density at radius 3 is 1.74 bits per heavy atom. The van der Waals surface area contributed by atoms with Gasteiger partial charge in [0.2, 0.25) is 5.69 Å². The third kappa shape index (κ3) is 13.9. The smallest absolute Gasteiger partial charge is 0.309 e. The van der Waals surface area contributed by atoms with E-state index in [-0.39, 0.29) is 16.3 Å². The number of unbranched alkanes of at least 4 members (excludes halogenated alkanes) is 15. The Labute approximate surface area is 284 Å². The maximum atomic E-state index is 11.7. The SMILES string of the molecule is CCCCCCCCCCCCCCCCCC[N+]1=C(C)C(C)(C)c2cc(CC(=O)OC)ccc21.O=S(=O)([O-])c1ccc(Cl)cc1. The normalized spacial score (nSPS) is 13.7. The molecule has 0 N–H and O–H groups in total. The van der Waals surface area contributed by atoms with Crippen molar-refractivity contribution in [2.75, 3.05) is 13.7 Å². The largest absolute Gasteiger partial charge is 0.744 e. The van der Waals surface area contributed by atoms with Gasteiger partial charge in [0.1, 0.15) is 16.7 Å². The summed E-state index contributed by atoms with van der Waals surface area (Å²) in [5.74, 6) is -0.175. The molecule has 0 radical (unpaired) electrons. The number of carbonyl (C=O) groups is 1. The number of esters is 1. The number of hydrogen-bond acceptors (Lipinski definition) is 5. The summed E-state index contributed by atoms with van der Waals surface area (Å²) in [6, 6.07) is 11.6. The Morgan fingerprint density at radius 1 is 0.804 bits per heavy atom. The second kappa shape index (κ2) is 20.9. The highest BCUT2D eigenvalue weighted by molar-refractivity contribution is 7.85. The zero-order valence-electron chi connectivity index (χ0n) is 29.0. The van der Waals surface area contributed by atoms with Gasteiger partial charge in [-0.1, -0.05) is 114 Å². The van der Waals surface area contributed by atoms with Crippen LogP contribution in [0.5, 0.6) is 0 Å². The van der Waals surface area contributed by atoms with Crippen molar-refractivity contribution in [3.8, 4) is 0 Å². The van der Waals surface area contributed by atoms with Crippen LogP contribution in [-0.4, -0.2) is 42.9 Å². The molecular weight excluding hydrogens is 618 g/mol. The molecular formula is C38H58ClNO5S. The fourth-order valence-electron chi connectivity index (χ4n) is 6.09. The average molecular weight is 676 g/mol. The van der Waals surface area contributed by atoms with E-state index in [4.69, 9.17) is 16.3 Å². The lowest BCUT2D eigenvalue weighted by atomic mass is 9.81. The van der Waals surface area contributed by atoms with Crippen molar-refractivity contribution in [1.82, 2.24) is 0 Å². The molecule has 1 heterocycles. The molecule has 0 amide bonds. The summed E-state index contributed by atoms with van der Waals surface area (Å²) in [5, 5.41) is 0.400. The number of rotatable bonds is 20. The minimum Gasteiger partial charge on any atom is -0.744 e. The van der Waals surface area contributed by atoms with E-state index >= 15 is 0 Å². The zero-order chi connectivity index (χ0) is 34.0. The van der Waals surface area contributed by atoms with Gasteiger partial charge in [-0.25, -0.2) is 8.42 Å². The monoisotopic (exact) mass is 675 g/mol. The fourth-order valence-corrected chi connectivity index (χ4v) is 6.68. The molecule has 258 valence electrons. The van der Waals surface area contributed by atoms with Gasteiger partial charge in [-0.05, 0) is 56.2 Å². The van der Waals surface area contributed by atoms with Crippen LogP contribution in [-0.2, 0) is 31.5 Å². The first-order valence-corrected chi connectivity index (χ1v) is 19.2. The van der Waals surface area contributed by atoms with Crippen molar-refractivity contribution >= 4 is 39.1 Å². The Kier molecular flexibility index (Phi) is 18.2. The lowest BCUT2D eigenvalue weighted by Gasteiger charge is -2.15. The number of fused-ring (bicyclic) bond motifs is 1. The highest BCUT2D eigenvalue weighted by Crippen LogP contribution is 2.40. The molecule has 8 heteroatoms. The van der Waals surface area contributed by atoms with E-state index in [1.54, 1.807) is 0 Å². The standard InChI is InChI=1S/C32H54NO2.C6H5ClO3S/c1-6-7-8-9-10-11-12-13-14-15-16-17-18-19-20-21-24-33-27(2)32(3,4)29-25-28(22-23-30(29)33)26-31(34)35-5;7-5-1-3-6(4-2-5)11(8,9)10/h22-23,25H,6-21,24,26H2,1-5H3;1-4H,(H,8,9,10)/q+1;/p-1. The predicted molar refractivity (Wildman–Crippen MR) is 190 cm³/mol. The van der Waals surface area contributed by atoms with Crippen LogP contribution in [0, 0.1) is 0 Å². The predicted octanol–water partition coefficient (Wildman–Crippen LogP) is 10.3. The van der Waals surface area contributed by atoms with E-state index in [0.29, 0.717) is 11.4 Å². The summed E-state index contributed by atoms with van der Waals surface area (Å²) in [5.41, 5.74) is 5.13. The van der Waals surface area contributed by atoms with Gasteiger partial charge in [0, 0.05) is 30.0 Å². The lowest BCUT2D eigenvalue weighted by molar-refractivity contribution is -0.439. The van der Waals surface area contributed by atoms with Crippen molar-refractivity contribution < 1.29 is 27.1 Å². The van der Waals surface area contributed by atoms with Crippen molar-refractivity contribution in [3.05, 3.63) is 58.6 Å². The molecule has 0 aliphatic carbocycles.